The molecule has 1 heterocycles. The van der Waals surface area contributed by atoms with Gasteiger partial charge in [0.15, 0.2) is 5.96 Å². The average molecular weight is 374 g/mol. The normalized spacial score (nSPS) is 21.6. The van der Waals surface area contributed by atoms with Crippen molar-refractivity contribution in [3.63, 3.8) is 0 Å². The third-order valence-electron chi connectivity index (χ3n) is 5.67. The molecule has 3 N–H and O–H groups in total. The number of ether oxygens (including phenoxy) is 1. The molecule has 6 heteroatoms. The lowest BCUT2D eigenvalue weighted by Gasteiger charge is -2.24. The van der Waals surface area contributed by atoms with E-state index in [2.05, 4.69) is 50.1 Å². The average Bonchev–Trinajstić information content (AvgIpc) is 3.38. The van der Waals surface area contributed by atoms with Crippen molar-refractivity contribution < 1.29 is 4.74 Å². The van der Waals surface area contributed by atoms with Gasteiger partial charge in [-0.1, -0.05) is 25.0 Å². The molecular formula is C21H35N5O. The zero-order valence-corrected chi connectivity index (χ0v) is 16.8. The lowest BCUT2D eigenvalue weighted by molar-refractivity contribution is 0.211. The Labute approximate surface area is 163 Å². The van der Waals surface area contributed by atoms with Gasteiger partial charge in [-0.25, -0.2) is 0 Å². The first-order valence-electron chi connectivity index (χ1n) is 10.3. The lowest BCUT2D eigenvalue weighted by Crippen LogP contribution is -2.45. The Morgan fingerprint density at radius 3 is 2.67 bits per heavy atom. The van der Waals surface area contributed by atoms with Gasteiger partial charge in [0, 0.05) is 58.1 Å². The molecule has 1 aromatic rings. The predicted octanol–water partition coefficient (Wildman–Crippen LogP) is 2.43. The summed E-state index contributed by atoms with van der Waals surface area (Å²) in [5.74, 6) is 0.899. The zero-order chi connectivity index (χ0) is 18.9. The summed E-state index contributed by atoms with van der Waals surface area (Å²) in [5.41, 5.74) is 2.37. The maximum atomic E-state index is 5.06. The number of aliphatic imine (C=N–C) groups is 1. The number of methoxy groups -OCH3 is 1. The summed E-state index contributed by atoms with van der Waals surface area (Å²) in [6.07, 6.45) is 6.79. The van der Waals surface area contributed by atoms with E-state index in [-0.39, 0.29) is 0 Å². The van der Waals surface area contributed by atoms with Gasteiger partial charge in [-0.15, -0.1) is 0 Å². The van der Waals surface area contributed by atoms with Gasteiger partial charge >= 0.3 is 0 Å². The van der Waals surface area contributed by atoms with Gasteiger partial charge in [0.05, 0.1) is 6.61 Å². The third kappa shape index (κ3) is 6.11. The molecule has 2 fully saturated rings. The molecule has 1 atom stereocenters. The van der Waals surface area contributed by atoms with E-state index in [0.29, 0.717) is 12.6 Å². The Morgan fingerprint density at radius 2 is 1.96 bits per heavy atom. The molecule has 0 aromatic heterocycles. The summed E-state index contributed by atoms with van der Waals surface area (Å²) in [6, 6.07) is 9.84. The van der Waals surface area contributed by atoms with Crippen molar-refractivity contribution in [3.05, 3.63) is 29.8 Å². The van der Waals surface area contributed by atoms with Crippen molar-refractivity contribution in [3.8, 4) is 0 Å². The summed E-state index contributed by atoms with van der Waals surface area (Å²) in [4.78, 5) is 7.08. The largest absolute Gasteiger partial charge is 0.383 e. The Balaban J connectivity index is 1.40. The Morgan fingerprint density at radius 1 is 1.19 bits per heavy atom. The van der Waals surface area contributed by atoms with Crippen LogP contribution in [0.25, 0.3) is 0 Å². The van der Waals surface area contributed by atoms with Crippen molar-refractivity contribution in [2.75, 3.05) is 45.7 Å². The van der Waals surface area contributed by atoms with Gasteiger partial charge in [0.1, 0.15) is 0 Å². The second-order valence-electron chi connectivity index (χ2n) is 7.61. The van der Waals surface area contributed by atoms with Gasteiger partial charge < -0.3 is 20.7 Å². The second kappa shape index (κ2) is 10.5. The Bertz CT molecular complexity index is 583. The first-order chi connectivity index (χ1) is 13.3. The fourth-order valence-electron chi connectivity index (χ4n) is 4.12. The molecule has 1 unspecified atom stereocenters. The van der Waals surface area contributed by atoms with E-state index < -0.39 is 0 Å². The number of hydrogen-bond acceptors (Lipinski definition) is 4. The van der Waals surface area contributed by atoms with Gasteiger partial charge in [-0.3, -0.25) is 9.89 Å². The van der Waals surface area contributed by atoms with Gasteiger partial charge in [0.25, 0.3) is 0 Å². The Kier molecular flexibility index (Phi) is 7.78. The minimum absolute atomic E-state index is 0.504. The summed E-state index contributed by atoms with van der Waals surface area (Å²) in [7, 11) is 3.57. The molecule has 0 amide bonds. The summed E-state index contributed by atoms with van der Waals surface area (Å²) >= 11 is 0. The topological polar surface area (TPSA) is 60.9 Å². The molecule has 1 saturated heterocycles. The number of anilines is 1. The van der Waals surface area contributed by atoms with Crippen molar-refractivity contribution in [1.29, 1.82) is 0 Å². The van der Waals surface area contributed by atoms with Crippen LogP contribution in [0.5, 0.6) is 0 Å². The molecule has 2 aliphatic rings. The molecule has 1 saturated carbocycles. The highest BCUT2D eigenvalue weighted by molar-refractivity contribution is 5.80. The number of rotatable bonds is 8. The molecule has 6 nitrogen and oxygen atoms in total. The maximum absolute atomic E-state index is 5.06. The minimum atomic E-state index is 0.504. The molecule has 1 aliphatic heterocycles. The fraction of sp³-hybridized carbons (Fsp3) is 0.667. The molecule has 27 heavy (non-hydrogen) atoms. The van der Waals surface area contributed by atoms with Crippen LogP contribution < -0.4 is 16.0 Å². The van der Waals surface area contributed by atoms with Crippen LogP contribution in [0.2, 0.25) is 0 Å². The minimum Gasteiger partial charge on any atom is -0.383 e. The van der Waals surface area contributed by atoms with Crippen LogP contribution >= 0.6 is 0 Å². The van der Waals surface area contributed by atoms with Crippen LogP contribution in [0, 0.1) is 0 Å². The smallest absolute Gasteiger partial charge is 0.191 e. The van der Waals surface area contributed by atoms with E-state index in [9.17, 15) is 0 Å². The van der Waals surface area contributed by atoms with Gasteiger partial charge in [-0.2, -0.15) is 0 Å². The highest BCUT2D eigenvalue weighted by atomic mass is 16.5. The van der Waals surface area contributed by atoms with E-state index in [1.807, 2.05) is 7.05 Å². The Hall–Kier alpha value is -1.79. The third-order valence-corrected chi connectivity index (χ3v) is 5.67. The fourth-order valence-corrected chi connectivity index (χ4v) is 4.12. The molecule has 3 rings (SSSR count). The van der Waals surface area contributed by atoms with Crippen molar-refractivity contribution in [1.82, 2.24) is 15.5 Å². The highest BCUT2D eigenvalue weighted by Gasteiger charge is 2.30. The van der Waals surface area contributed by atoms with E-state index in [0.717, 1.165) is 37.3 Å². The highest BCUT2D eigenvalue weighted by Crippen LogP contribution is 2.26. The molecular weight excluding hydrogens is 338 g/mol. The van der Waals surface area contributed by atoms with Gasteiger partial charge in [0.2, 0.25) is 0 Å². The second-order valence-corrected chi connectivity index (χ2v) is 7.61. The van der Waals surface area contributed by atoms with Crippen LogP contribution in [0.1, 0.15) is 37.7 Å². The van der Waals surface area contributed by atoms with Crippen molar-refractivity contribution >= 4 is 11.6 Å². The standard InChI is InChI=1S/C21H35N5O/c1-22-21(25-19-11-13-26(16-19)20-5-3-4-6-20)24-15-17-7-9-18(10-8-17)23-12-14-27-2/h7-10,19-20,23H,3-6,11-16H2,1-2H3,(H2,22,24,25). The first kappa shape index (κ1) is 20.0. The van der Waals surface area contributed by atoms with E-state index in [4.69, 9.17) is 4.74 Å². The molecule has 1 aromatic carbocycles. The van der Waals surface area contributed by atoms with E-state index >= 15 is 0 Å². The lowest BCUT2D eigenvalue weighted by atomic mass is 10.2. The van der Waals surface area contributed by atoms with Crippen LogP contribution in [-0.4, -0.2) is 63.3 Å². The zero-order valence-electron chi connectivity index (χ0n) is 16.8. The quantitative estimate of drug-likeness (QED) is 0.371. The number of benzene rings is 1. The SMILES string of the molecule is CN=C(NCc1ccc(NCCOC)cc1)NC1CCN(C2CCCC2)C1. The first-order valence-corrected chi connectivity index (χ1v) is 10.3. The molecule has 150 valence electrons. The molecule has 0 spiro atoms. The maximum Gasteiger partial charge on any atom is 0.191 e. The molecule has 1 aliphatic carbocycles. The summed E-state index contributed by atoms with van der Waals surface area (Å²) in [5, 5.41) is 10.4. The monoisotopic (exact) mass is 373 g/mol. The molecule has 0 radical (unpaired) electrons. The van der Waals surface area contributed by atoms with Crippen LogP contribution in [0.15, 0.2) is 29.3 Å². The number of nitrogens with one attached hydrogen (secondary N) is 3. The number of likely N-dealkylation sites (tertiary alicyclic amines) is 1. The van der Waals surface area contributed by atoms with Crippen LogP contribution in [0.4, 0.5) is 5.69 Å². The predicted molar refractivity (Wildman–Crippen MR) is 112 cm³/mol. The molecule has 0 bridgehead atoms. The summed E-state index contributed by atoms with van der Waals surface area (Å²) < 4.78 is 5.06. The summed E-state index contributed by atoms with van der Waals surface area (Å²) in [6.45, 7) is 4.68. The number of hydrogen-bond donors (Lipinski definition) is 3. The number of guanidine groups is 1. The van der Waals surface area contributed by atoms with E-state index in [1.54, 1.807) is 7.11 Å². The van der Waals surface area contributed by atoms with E-state index in [1.165, 1.54) is 44.2 Å². The van der Waals surface area contributed by atoms with Gasteiger partial charge in [-0.05, 0) is 37.0 Å². The van der Waals surface area contributed by atoms with Crippen molar-refractivity contribution in [2.24, 2.45) is 4.99 Å². The van der Waals surface area contributed by atoms with Crippen LogP contribution in [-0.2, 0) is 11.3 Å². The van der Waals surface area contributed by atoms with Crippen molar-refractivity contribution in [2.45, 2.75) is 50.7 Å². The number of nitrogens with zero attached hydrogens (tertiary/aromatic N) is 2. The van der Waals surface area contributed by atoms with Crippen LogP contribution in [0.3, 0.4) is 0 Å².